The fraction of sp³-hybridized carbons (Fsp3) is 0.263. The van der Waals surface area contributed by atoms with Crippen LogP contribution in [-0.4, -0.2) is 46.3 Å². The Balaban J connectivity index is 2.12. The zero-order chi connectivity index (χ0) is 18.9. The molecule has 0 aliphatic carbocycles. The van der Waals surface area contributed by atoms with Gasteiger partial charge in [-0.2, -0.15) is 0 Å². The van der Waals surface area contributed by atoms with Gasteiger partial charge in [0.25, 0.3) is 5.91 Å². The first kappa shape index (κ1) is 19.3. The first-order valence-electron chi connectivity index (χ1n) is 8.23. The molecule has 0 saturated heterocycles. The molecule has 2 aromatic carbocycles. The van der Waals surface area contributed by atoms with Gasteiger partial charge in [-0.1, -0.05) is 18.2 Å². The predicted octanol–water partition coefficient (Wildman–Crippen LogP) is 2.77. The van der Waals surface area contributed by atoms with Gasteiger partial charge in [0.05, 0.1) is 12.2 Å². The quantitative estimate of drug-likeness (QED) is 0.666. The van der Waals surface area contributed by atoms with E-state index in [0.29, 0.717) is 30.1 Å². The fourth-order valence-corrected chi connectivity index (χ4v) is 2.36. The van der Waals surface area contributed by atoms with Crippen molar-refractivity contribution >= 4 is 29.0 Å². The van der Waals surface area contributed by atoms with Crippen LogP contribution in [0.25, 0.3) is 0 Å². The number of amides is 3. The normalized spacial score (nSPS) is 10.1. The van der Waals surface area contributed by atoms with Crippen LogP contribution < -0.4 is 20.9 Å². The van der Waals surface area contributed by atoms with Gasteiger partial charge in [0.1, 0.15) is 0 Å². The van der Waals surface area contributed by atoms with E-state index < -0.39 is 0 Å². The number of methoxy groups -OCH3 is 1. The predicted molar refractivity (Wildman–Crippen MR) is 104 cm³/mol. The second-order valence-corrected chi connectivity index (χ2v) is 5.82. The number of hydrogen-bond donors (Lipinski definition) is 3. The summed E-state index contributed by atoms with van der Waals surface area (Å²) in [5.41, 5.74) is 2.45. The van der Waals surface area contributed by atoms with E-state index in [1.54, 1.807) is 37.4 Å². The van der Waals surface area contributed by atoms with E-state index in [-0.39, 0.29) is 11.9 Å². The SMILES string of the molecule is COCCNC(=O)c1cc(NC(=O)Nc2ccccc2)ccc1N(C)C. The van der Waals surface area contributed by atoms with Gasteiger partial charge in [-0.05, 0) is 30.3 Å². The Morgan fingerprint density at radius 1 is 1.00 bits per heavy atom. The number of anilines is 3. The Labute approximate surface area is 153 Å². The van der Waals surface area contributed by atoms with Crippen LogP contribution >= 0.6 is 0 Å². The minimum Gasteiger partial charge on any atom is -0.383 e. The number of para-hydroxylation sites is 1. The van der Waals surface area contributed by atoms with Crippen LogP contribution in [0.3, 0.4) is 0 Å². The number of carbonyl (C=O) groups is 2. The lowest BCUT2D eigenvalue weighted by Gasteiger charge is -2.18. The lowest BCUT2D eigenvalue weighted by atomic mass is 10.1. The van der Waals surface area contributed by atoms with Crippen LogP contribution in [0.2, 0.25) is 0 Å². The Morgan fingerprint density at radius 2 is 1.69 bits per heavy atom. The molecule has 0 aliphatic heterocycles. The van der Waals surface area contributed by atoms with Crippen molar-refractivity contribution in [1.82, 2.24) is 5.32 Å². The van der Waals surface area contributed by atoms with Crippen molar-refractivity contribution in [3.8, 4) is 0 Å². The lowest BCUT2D eigenvalue weighted by Crippen LogP contribution is -2.29. The number of carbonyl (C=O) groups excluding carboxylic acids is 2. The van der Waals surface area contributed by atoms with Crippen LogP contribution in [0.1, 0.15) is 10.4 Å². The average Bonchev–Trinajstić information content (AvgIpc) is 2.62. The molecule has 26 heavy (non-hydrogen) atoms. The molecule has 3 N–H and O–H groups in total. The Hall–Kier alpha value is -3.06. The maximum absolute atomic E-state index is 12.5. The highest BCUT2D eigenvalue weighted by molar-refractivity contribution is 6.03. The molecule has 0 fully saturated rings. The molecule has 7 nitrogen and oxygen atoms in total. The van der Waals surface area contributed by atoms with Crippen molar-refractivity contribution in [2.24, 2.45) is 0 Å². The first-order chi connectivity index (χ1) is 12.5. The monoisotopic (exact) mass is 356 g/mol. The molecule has 0 bridgehead atoms. The maximum Gasteiger partial charge on any atom is 0.323 e. The summed E-state index contributed by atoms with van der Waals surface area (Å²) in [6.45, 7) is 0.842. The van der Waals surface area contributed by atoms with E-state index in [0.717, 1.165) is 5.69 Å². The average molecular weight is 356 g/mol. The van der Waals surface area contributed by atoms with Crippen LogP contribution in [-0.2, 0) is 4.74 Å². The van der Waals surface area contributed by atoms with E-state index >= 15 is 0 Å². The number of benzene rings is 2. The Kier molecular flexibility index (Phi) is 6.99. The summed E-state index contributed by atoms with van der Waals surface area (Å²) >= 11 is 0. The fourth-order valence-electron chi connectivity index (χ4n) is 2.36. The molecule has 0 aromatic heterocycles. The van der Waals surface area contributed by atoms with Gasteiger partial charge >= 0.3 is 6.03 Å². The van der Waals surface area contributed by atoms with Crippen molar-refractivity contribution in [3.05, 3.63) is 54.1 Å². The van der Waals surface area contributed by atoms with E-state index in [2.05, 4.69) is 16.0 Å². The molecule has 0 aliphatic rings. The third kappa shape index (κ3) is 5.49. The standard InChI is InChI=1S/C19H24N4O3/c1-23(2)17-10-9-15(13-16(17)18(24)20-11-12-26-3)22-19(25)21-14-7-5-4-6-8-14/h4-10,13H,11-12H2,1-3H3,(H,20,24)(H2,21,22,25). The highest BCUT2D eigenvalue weighted by Crippen LogP contribution is 2.23. The highest BCUT2D eigenvalue weighted by Gasteiger charge is 2.14. The minimum atomic E-state index is -0.375. The summed E-state index contributed by atoms with van der Waals surface area (Å²) in [6, 6.07) is 14.0. The smallest absolute Gasteiger partial charge is 0.323 e. The van der Waals surface area contributed by atoms with Crippen molar-refractivity contribution in [3.63, 3.8) is 0 Å². The van der Waals surface area contributed by atoms with Crippen molar-refractivity contribution in [2.75, 3.05) is 49.9 Å². The summed E-state index contributed by atoms with van der Waals surface area (Å²) in [7, 11) is 5.29. The molecule has 2 rings (SSSR count). The molecule has 2 aromatic rings. The van der Waals surface area contributed by atoms with Crippen LogP contribution in [0.15, 0.2) is 48.5 Å². The molecule has 7 heteroatoms. The molecule has 0 saturated carbocycles. The molecular weight excluding hydrogens is 332 g/mol. The molecule has 0 radical (unpaired) electrons. The zero-order valence-corrected chi connectivity index (χ0v) is 15.2. The van der Waals surface area contributed by atoms with Gasteiger partial charge in [0.15, 0.2) is 0 Å². The largest absolute Gasteiger partial charge is 0.383 e. The molecular formula is C19H24N4O3. The van der Waals surface area contributed by atoms with Crippen molar-refractivity contribution in [2.45, 2.75) is 0 Å². The van der Waals surface area contributed by atoms with Crippen molar-refractivity contribution < 1.29 is 14.3 Å². The number of nitrogens with zero attached hydrogens (tertiary/aromatic N) is 1. The molecule has 0 spiro atoms. The summed E-state index contributed by atoms with van der Waals surface area (Å²) < 4.78 is 4.95. The van der Waals surface area contributed by atoms with E-state index in [1.165, 1.54) is 0 Å². The number of nitrogens with one attached hydrogen (secondary N) is 3. The highest BCUT2D eigenvalue weighted by atomic mass is 16.5. The van der Waals surface area contributed by atoms with Crippen LogP contribution in [0.5, 0.6) is 0 Å². The van der Waals surface area contributed by atoms with E-state index in [9.17, 15) is 9.59 Å². The zero-order valence-electron chi connectivity index (χ0n) is 15.2. The number of urea groups is 1. The second-order valence-electron chi connectivity index (χ2n) is 5.82. The van der Waals surface area contributed by atoms with Gasteiger partial charge in [-0.3, -0.25) is 4.79 Å². The van der Waals surface area contributed by atoms with E-state index in [4.69, 9.17) is 4.74 Å². The minimum absolute atomic E-state index is 0.224. The topological polar surface area (TPSA) is 82.7 Å². The number of hydrogen-bond acceptors (Lipinski definition) is 4. The third-order valence-corrected chi connectivity index (χ3v) is 3.60. The van der Waals surface area contributed by atoms with Gasteiger partial charge < -0.3 is 25.6 Å². The summed E-state index contributed by atoms with van der Waals surface area (Å²) in [6.07, 6.45) is 0. The number of ether oxygens (including phenoxy) is 1. The molecule has 3 amide bonds. The summed E-state index contributed by atoms with van der Waals surface area (Å²) in [5, 5.41) is 8.28. The van der Waals surface area contributed by atoms with Gasteiger partial charge in [0.2, 0.25) is 0 Å². The van der Waals surface area contributed by atoms with Gasteiger partial charge in [-0.15, -0.1) is 0 Å². The first-order valence-corrected chi connectivity index (χ1v) is 8.23. The summed E-state index contributed by atoms with van der Waals surface area (Å²) in [5.74, 6) is -0.224. The van der Waals surface area contributed by atoms with Gasteiger partial charge in [-0.25, -0.2) is 4.79 Å². The Bertz CT molecular complexity index is 748. The molecule has 0 heterocycles. The second kappa shape index (κ2) is 9.43. The number of rotatable bonds is 7. The Morgan fingerprint density at radius 3 is 2.35 bits per heavy atom. The lowest BCUT2D eigenvalue weighted by molar-refractivity contribution is 0.0937. The molecule has 0 atom stereocenters. The van der Waals surface area contributed by atoms with Crippen molar-refractivity contribution in [1.29, 1.82) is 0 Å². The molecule has 0 unspecified atom stereocenters. The van der Waals surface area contributed by atoms with E-state index in [1.807, 2.05) is 37.2 Å². The maximum atomic E-state index is 12.5. The third-order valence-electron chi connectivity index (χ3n) is 3.60. The van der Waals surface area contributed by atoms with Gasteiger partial charge in [0, 0.05) is 44.8 Å². The molecule has 138 valence electrons. The van der Waals surface area contributed by atoms with Crippen LogP contribution in [0.4, 0.5) is 21.9 Å². The van der Waals surface area contributed by atoms with Crippen LogP contribution in [0, 0.1) is 0 Å². The summed E-state index contributed by atoms with van der Waals surface area (Å²) in [4.78, 5) is 26.4.